The molecule has 4 rings (SSSR count). The predicted octanol–water partition coefficient (Wildman–Crippen LogP) is 3.92. The van der Waals surface area contributed by atoms with Gasteiger partial charge in [0.2, 0.25) is 5.91 Å². The molecule has 1 fully saturated rings. The smallest absolute Gasteiger partial charge is 0.255 e. The molecule has 3 aromatic rings. The molecular formula is C25H24ClN3O3. The number of hydrogen-bond acceptors (Lipinski definition) is 4. The van der Waals surface area contributed by atoms with Gasteiger partial charge in [-0.2, -0.15) is 0 Å². The first-order chi connectivity index (χ1) is 15.6. The van der Waals surface area contributed by atoms with E-state index in [0.717, 1.165) is 11.3 Å². The van der Waals surface area contributed by atoms with Crippen LogP contribution in [0.4, 0.5) is 0 Å². The molecule has 2 heterocycles. The molecule has 1 N–H and O–H groups in total. The number of nitrogens with one attached hydrogen (secondary N) is 1. The zero-order valence-corrected chi connectivity index (χ0v) is 18.5. The van der Waals surface area contributed by atoms with Gasteiger partial charge in [-0.1, -0.05) is 41.9 Å². The molecule has 0 aliphatic carbocycles. The van der Waals surface area contributed by atoms with E-state index in [-0.39, 0.29) is 17.7 Å². The molecule has 1 aliphatic heterocycles. The van der Waals surface area contributed by atoms with E-state index in [2.05, 4.69) is 10.3 Å². The third-order valence-electron chi connectivity index (χ3n) is 5.74. The average Bonchev–Trinajstić information content (AvgIpc) is 3.29. The Morgan fingerprint density at radius 3 is 2.66 bits per heavy atom. The zero-order valence-electron chi connectivity index (χ0n) is 17.7. The summed E-state index contributed by atoms with van der Waals surface area (Å²) in [7, 11) is 1.61. The molecule has 2 unspecified atom stereocenters. The van der Waals surface area contributed by atoms with Crippen LogP contribution in [0.15, 0.2) is 72.9 Å². The first kappa shape index (κ1) is 21.8. The number of ether oxygens (including phenoxy) is 1. The third-order valence-corrected chi connectivity index (χ3v) is 6.07. The van der Waals surface area contributed by atoms with Crippen LogP contribution in [0.5, 0.6) is 5.75 Å². The fourth-order valence-corrected chi connectivity index (χ4v) is 4.28. The van der Waals surface area contributed by atoms with Gasteiger partial charge in [-0.15, -0.1) is 0 Å². The Labute approximate surface area is 192 Å². The highest BCUT2D eigenvalue weighted by Crippen LogP contribution is 2.35. The number of pyridine rings is 1. The van der Waals surface area contributed by atoms with Gasteiger partial charge >= 0.3 is 0 Å². The van der Waals surface area contributed by atoms with Gasteiger partial charge in [0.1, 0.15) is 5.75 Å². The second-order valence-corrected chi connectivity index (χ2v) is 8.13. The predicted molar refractivity (Wildman–Crippen MR) is 123 cm³/mol. The number of amides is 2. The molecule has 1 saturated heterocycles. The van der Waals surface area contributed by atoms with Gasteiger partial charge < -0.3 is 15.0 Å². The van der Waals surface area contributed by atoms with Crippen LogP contribution in [0.2, 0.25) is 5.02 Å². The highest BCUT2D eigenvalue weighted by molar-refractivity contribution is 6.33. The Bertz CT molecular complexity index is 1110. The van der Waals surface area contributed by atoms with E-state index >= 15 is 0 Å². The van der Waals surface area contributed by atoms with Crippen LogP contribution in [0.3, 0.4) is 0 Å². The van der Waals surface area contributed by atoms with Crippen LogP contribution >= 0.6 is 11.6 Å². The Hall–Kier alpha value is -3.38. The fraction of sp³-hybridized carbons (Fsp3) is 0.240. The Morgan fingerprint density at radius 2 is 1.91 bits per heavy atom. The number of aromatic nitrogens is 1. The van der Waals surface area contributed by atoms with Crippen LogP contribution in [0.25, 0.3) is 0 Å². The summed E-state index contributed by atoms with van der Waals surface area (Å²) in [4.78, 5) is 32.3. The van der Waals surface area contributed by atoms with Crippen molar-refractivity contribution in [1.29, 1.82) is 0 Å². The summed E-state index contributed by atoms with van der Waals surface area (Å²) < 4.78 is 5.37. The summed E-state index contributed by atoms with van der Waals surface area (Å²) in [5.41, 5.74) is 2.17. The molecule has 0 bridgehead atoms. The van der Waals surface area contributed by atoms with Crippen LogP contribution in [0, 0.1) is 5.92 Å². The minimum atomic E-state index is -0.405. The molecule has 7 heteroatoms. The Balaban J connectivity index is 1.58. The van der Waals surface area contributed by atoms with E-state index in [1.807, 2.05) is 42.5 Å². The molecule has 164 valence electrons. The fourth-order valence-electron chi connectivity index (χ4n) is 4.06. The summed E-state index contributed by atoms with van der Waals surface area (Å²) in [5, 5.41) is 3.38. The maximum absolute atomic E-state index is 13.2. The van der Waals surface area contributed by atoms with E-state index in [0.29, 0.717) is 36.0 Å². The number of nitrogens with zero attached hydrogens (tertiary/aromatic N) is 2. The first-order valence-electron chi connectivity index (χ1n) is 10.4. The van der Waals surface area contributed by atoms with E-state index in [9.17, 15) is 9.59 Å². The number of likely N-dealkylation sites (tertiary alicyclic amines) is 1. The average molecular weight is 450 g/mol. The largest absolute Gasteiger partial charge is 0.497 e. The standard InChI is InChI=1S/C25H24ClN3O3/c1-32-19-9-6-7-17(13-19)21-15-29(25(31)20-10-2-3-11-23(20)26)16-22(21)24(30)28-14-18-8-4-5-12-27-18/h2-13,21-22H,14-16H2,1H3,(H,28,30). The quantitative estimate of drug-likeness (QED) is 0.619. The minimum Gasteiger partial charge on any atom is -0.497 e. The first-order valence-corrected chi connectivity index (χ1v) is 10.8. The van der Waals surface area contributed by atoms with Crippen LogP contribution in [-0.2, 0) is 11.3 Å². The van der Waals surface area contributed by atoms with E-state index in [1.54, 1.807) is 42.5 Å². The maximum Gasteiger partial charge on any atom is 0.255 e. The van der Waals surface area contributed by atoms with Crippen LogP contribution < -0.4 is 10.1 Å². The van der Waals surface area contributed by atoms with Gasteiger partial charge in [0.25, 0.3) is 5.91 Å². The molecule has 0 saturated carbocycles. The molecule has 0 spiro atoms. The Morgan fingerprint density at radius 1 is 1.09 bits per heavy atom. The summed E-state index contributed by atoms with van der Waals surface area (Å²) in [6, 6.07) is 20.2. The lowest BCUT2D eigenvalue weighted by Crippen LogP contribution is -2.35. The van der Waals surface area contributed by atoms with E-state index in [1.165, 1.54) is 0 Å². The molecule has 32 heavy (non-hydrogen) atoms. The van der Waals surface area contributed by atoms with Gasteiger partial charge in [0.05, 0.1) is 35.9 Å². The van der Waals surface area contributed by atoms with Crippen LogP contribution in [0.1, 0.15) is 27.5 Å². The van der Waals surface area contributed by atoms with E-state index < -0.39 is 5.92 Å². The van der Waals surface area contributed by atoms with Gasteiger partial charge in [0, 0.05) is 25.2 Å². The third kappa shape index (κ3) is 4.75. The number of methoxy groups -OCH3 is 1. The molecule has 2 amide bonds. The number of benzene rings is 2. The van der Waals surface area contributed by atoms with Gasteiger partial charge in [0.15, 0.2) is 0 Å². The van der Waals surface area contributed by atoms with Crippen molar-refractivity contribution in [2.75, 3.05) is 20.2 Å². The van der Waals surface area contributed by atoms with Crippen molar-refractivity contribution in [2.45, 2.75) is 12.5 Å². The lowest BCUT2D eigenvalue weighted by Gasteiger charge is -2.18. The molecule has 2 aromatic carbocycles. The molecule has 2 atom stereocenters. The van der Waals surface area contributed by atoms with Crippen molar-refractivity contribution in [2.24, 2.45) is 5.92 Å². The number of rotatable bonds is 6. The highest BCUT2D eigenvalue weighted by Gasteiger charge is 2.41. The Kier molecular flexibility index (Phi) is 6.71. The second-order valence-electron chi connectivity index (χ2n) is 7.72. The lowest BCUT2D eigenvalue weighted by molar-refractivity contribution is -0.125. The van der Waals surface area contributed by atoms with Gasteiger partial charge in [-0.25, -0.2) is 0 Å². The van der Waals surface area contributed by atoms with Gasteiger partial charge in [-0.05, 0) is 42.0 Å². The zero-order chi connectivity index (χ0) is 22.5. The van der Waals surface area contributed by atoms with Crippen molar-refractivity contribution >= 4 is 23.4 Å². The minimum absolute atomic E-state index is 0.113. The van der Waals surface area contributed by atoms with E-state index in [4.69, 9.17) is 16.3 Å². The number of carbonyl (C=O) groups excluding carboxylic acids is 2. The highest BCUT2D eigenvalue weighted by atomic mass is 35.5. The summed E-state index contributed by atoms with van der Waals surface area (Å²) in [5.74, 6) is -0.148. The SMILES string of the molecule is COc1cccc(C2CN(C(=O)c3ccccc3Cl)CC2C(=O)NCc2ccccn2)c1. The molecule has 0 radical (unpaired) electrons. The molecule has 1 aliphatic rings. The molecular weight excluding hydrogens is 426 g/mol. The summed E-state index contributed by atoms with van der Waals surface area (Å²) in [6.07, 6.45) is 1.69. The molecule has 1 aromatic heterocycles. The number of halogens is 1. The van der Waals surface area contributed by atoms with Crippen molar-refractivity contribution < 1.29 is 14.3 Å². The van der Waals surface area contributed by atoms with Crippen molar-refractivity contribution in [3.05, 3.63) is 94.8 Å². The lowest BCUT2D eigenvalue weighted by atomic mass is 9.88. The topological polar surface area (TPSA) is 71.5 Å². The van der Waals surface area contributed by atoms with Crippen LogP contribution in [-0.4, -0.2) is 41.9 Å². The second kappa shape index (κ2) is 9.83. The summed E-state index contributed by atoms with van der Waals surface area (Å²) in [6.45, 7) is 1.05. The monoisotopic (exact) mass is 449 g/mol. The normalized spacial score (nSPS) is 17.8. The van der Waals surface area contributed by atoms with Gasteiger partial charge in [-0.3, -0.25) is 14.6 Å². The number of hydrogen-bond donors (Lipinski definition) is 1. The molecule has 6 nitrogen and oxygen atoms in total. The number of carbonyl (C=O) groups is 2. The maximum atomic E-state index is 13.2. The van der Waals surface area contributed by atoms with Crippen molar-refractivity contribution in [3.8, 4) is 5.75 Å². The van der Waals surface area contributed by atoms with Crippen molar-refractivity contribution in [1.82, 2.24) is 15.2 Å². The summed E-state index contributed by atoms with van der Waals surface area (Å²) >= 11 is 6.26. The van der Waals surface area contributed by atoms with Crippen molar-refractivity contribution in [3.63, 3.8) is 0 Å².